The summed E-state index contributed by atoms with van der Waals surface area (Å²) in [6.45, 7) is 4.79. The predicted octanol–water partition coefficient (Wildman–Crippen LogP) is -0.647. The Labute approximate surface area is 109 Å². The summed E-state index contributed by atoms with van der Waals surface area (Å²) >= 11 is 0. The molecule has 1 atom stereocenters. The number of H-pyrrole nitrogens is 2. The SMILES string of the molecule is C[C@H]1CN(c2n[nH]c(-c3ccc(=O)[nH]n3)n2)CCN1. The van der Waals surface area contributed by atoms with E-state index in [0.29, 0.717) is 23.5 Å². The lowest BCUT2D eigenvalue weighted by molar-refractivity contribution is 0.480. The van der Waals surface area contributed by atoms with Gasteiger partial charge < -0.3 is 10.2 Å². The summed E-state index contributed by atoms with van der Waals surface area (Å²) < 4.78 is 0. The van der Waals surface area contributed by atoms with Crippen LogP contribution in [0.25, 0.3) is 11.5 Å². The summed E-state index contributed by atoms with van der Waals surface area (Å²) in [7, 11) is 0. The summed E-state index contributed by atoms with van der Waals surface area (Å²) in [4.78, 5) is 17.5. The first-order chi connectivity index (χ1) is 9.22. The number of anilines is 1. The molecule has 1 aliphatic rings. The third-order valence-electron chi connectivity index (χ3n) is 3.05. The fraction of sp³-hybridized carbons (Fsp3) is 0.455. The van der Waals surface area contributed by atoms with E-state index in [2.05, 4.69) is 42.5 Å². The molecule has 0 radical (unpaired) electrons. The molecule has 0 spiro atoms. The van der Waals surface area contributed by atoms with Gasteiger partial charge in [0.2, 0.25) is 5.95 Å². The zero-order valence-corrected chi connectivity index (χ0v) is 10.6. The summed E-state index contributed by atoms with van der Waals surface area (Å²) in [5, 5.41) is 16.7. The van der Waals surface area contributed by atoms with Crippen molar-refractivity contribution in [2.24, 2.45) is 0 Å². The molecule has 3 N–H and O–H groups in total. The van der Waals surface area contributed by atoms with E-state index in [1.807, 2.05) is 0 Å². The number of hydrogen-bond acceptors (Lipinski definition) is 6. The molecule has 0 aromatic carbocycles. The van der Waals surface area contributed by atoms with Crippen LogP contribution in [0, 0.1) is 0 Å². The van der Waals surface area contributed by atoms with Crippen molar-refractivity contribution in [3.8, 4) is 11.5 Å². The Morgan fingerprint density at radius 1 is 1.32 bits per heavy atom. The highest BCUT2D eigenvalue weighted by Gasteiger charge is 2.19. The number of rotatable bonds is 2. The first-order valence-corrected chi connectivity index (χ1v) is 6.19. The molecule has 1 aliphatic heterocycles. The van der Waals surface area contributed by atoms with Crippen molar-refractivity contribution in [1.29, 1.82) is 0 Å². The van der Waals surface area contributed by atoms with Crippen molar-refractivity contribution in [2.45, 2.75) is 13.0 Å². The highest BCUT2D eigenvalue weighted by Crippen LogP contribution is 2.15. The lowest BCUT2D eigenvalue weighted by Gasteiger charge is -2.30. The number of nitrogens with one attached hydrogen (secondary N) is 3. The maximum atomic E-state index is 11.0. The average molecular weight is 261 g/mol. The van der Waals surface area contributed by atoms with Crippen LogP contribution in [-0.2, 0) is 0 Å². The molecule has 1 saturated heterocycles. The molecule has 0 aliphatic carbocycles. The van der Waals surface area contributed by atoms with E-state index >= 15 is 0 Å². The van der Waals surface area contributed by atoms with Crippen LogP contribution in [0.3, 0.4) is 0 Å². The zero-order valence-electron chi connectivity index (χ0n) is 10.6. The van der Waals surface area contributed by atoms with Crippen LogP contribution >= 0.6 is 0 Å². The minimum atomic E-state index is -0.237. The van der Waals surface area contributed by atoms with Gasteiger partial charge in [0, 0.05) is 31.7 Å². The fourth-order valence-corrected chi connectivity index (χ4v) is 2.10. The van der Waals surface area contributed by atoms with Crippen molar-refractivity contribution in [1.82, 2.24) is 30.7 Å². The monoisotopic (exact) mass is 261 g/mol. The molecule has 1 fully saturated rings. The molecule has 0 amide bonds. The Hall–Kier alpha value is -2.22. The summed E-state index contributed by atoms with van der Waals surface area (Å²) in [5.41, 5.74) is 0.334. The number of aromatic nitrogens is 5. The summed E-state index contributed by atoms with van der Waals surface area (Å²) in [5.74, 6) is 1.22. The third-order valence-corrected chi connectivity index (χ3v) is 3.05. The van der Waals surface area contributed by atoms with Gasteiger partial charge in [-0.2, -0.15) is 10.1 Å². The number of nitrogens with zero attached hydrogens (tertiary/aromatic N) is 4. The highest BCUT2D eigenvalue weighted by molar-refractivity contribution is 5.50. The van der Waals surface area contributed by atoms with Gasteiger partial charge >= 0.3 is 0 Å². The van der Waals surface area contributed by atoms with Gasteiger partial charge in [0.15, 0.2) is 5.82 Å². The number of piperazine rings is 1. The second-order valence-corrected chi connectivity index (χ2v) is 4.59. The van der Waals surface area contributed by atoms with Crippen LogP contribution in [0.15, 0.2) is 16.9 Å². The molecule has 0 saturated carbocycles. The lowest BCUT2D eigenvalue weighted by Crippen LogP contribution is -2.49. The Kier molecular flexibility index (Phi) is 3.00. The minimum absolute atomic E-state index is 0.237. The van der Waals surface area contributed by atoms with Crippen molar-refractivity contribution in [2.75, 3.05) is 24.5 Å². The average Bonchev–Trinajstić information content (AvgIpc) is 2.89. The molecule has 2 aromatic rings. The summed E-state index contributed by atoms with van der Waals surface area (Å²) in [6, 6.07) is 3.45. The first-order valence-electron chi connectivity index (χ1n) is 6.19. The van der Waals surface area contributed by atoms with E-state index in [1.54, 1.807) is 6.07 Å². The van der Waals surface area contributed by atoms with Crippen molar-refractivity contribution >= 4 is 5.95 Å². The van der Waals surface area contributed by atoms with Gasteiger partial charge in [-0.25, -0.2) is 5.10 Å². The van der Waals surface area contributed by atoms with Crippen molar-refractivity contribution in [3.63, 3.8) is 0 Å². The normalized spacial score (nSPS) is 19.6. The van der Waals surface area contributed by atoms with Gasteiger partial charge in [-0.1, -0.05) is 0 Å². The standard InChI is InChI=1S/C11H15N7O/c1-7-6-18(5-4-12-7)11-13-10(16-17-11)8-2-3-9(19)15-14-8/h2-3,7,12H,4-6H2,1H3,(H,15,19)(H,13,16,17)/t7-/m0/s1. The second-order valence-electron chi connectivity index (χ2n) is 4.59. The Morgan fingerprint density at radius 2 is 2.21 bits per heavy atom. The Balaban J connectivity index is 1.82. The molecule has 2 aromatic heterocycles. The topological polar surface area (TPSA) is 103 Å². The van der Waals surface area contributed by atoms with Gasteiger partial charge in [0.1, 0.15) is 5.69 Å². The van der Waals surface area contributed by atoms with Crippen LogP contribution < -0.4 is 15.8 Å². The van der Waals surface area contributed by atoms with Gasteiger partial charge in [-0.15, -0.1) is 5.10 Å². The molecule has 100 valence electrons. The van der Waals surface area contributed by atoms with Crippen LogP contribution in [0.2, 0.25) is 0 Å². The maximum Gasteiger partial charge on any atom is 0.264 e. The molecule has 8 nitrogen and oxygen atoms in total. The zero-order chi connectivity index (χ0) is 13.2. The largest absolute Gasteiger partial charge is 0.337 e. The van der Waals surface area contributed by atoms with E-state index in [1.165, 1.54) is 6.07 Å². The first kappa shape index (κ1) is 11.8. The predicted molar refractivity (Wildman–Crippen MR) is 69.9 cm³/mol. The molecular formula is C11H15N7O. The van der Waals surface area contributed by atoms with Crippen LogP contribution in [0.5, 0.6) is 0 Å². The molecule has 3 heterocycles. The van der Waals surface area contributed by atoms with Crippen LogP contribution in [0.1, 0.15) is 6.92 Å². The molecule has 0 bridgehead atoms. The van der Waals surface area contributed by atoms with Gasteiger partial charge in [-0.3, -0.25) is 9.89 Å². The van der Waals surface area contributed by atoms with E-state index in [9.17, 15) is 4.79 Å². The van der Waals surface area contributed by atoms with Gasteiger partial charge in [-0.05, 0) is 13.0 Å². The smallest absolute Gasteiger partial charge is 0.264 e. The third kappa shape index (κ3) is 2.48. The second kappa shape index (κ2) is 4.81. The summed E-state index contributed by atoms with van der Waals surface area (Å²) in [6.07, 6.45) is 0. The molecule has 8 heteroatoms. The Morgan fingerprint density at radius 3 is 2.95 bits per heavy atom. The lowest BCUT2D eigenvalue weighted by atomic mass is 10.2. The van der Waals surface area contributed by atoms with E-state index in [-0.39, 0.29) is 5.56 Å². The van der Waals surface area contributed by atoms with E-state index in [0.717, 1.165) is 19.6 Å². The minimum Gasteiger partial charge on any atom is -0.337 e. The van der Waals surface area contributed by atoms with E-state index < -0.39 is 0 Å². The van der Waals surface area contributed by atoms with Gasteiger partial charge in [0.05, 0.1) is 0 Å². The van der Waals surface area contributed by atoms with Crippen molar-refractivity contribution in [3.05, 3.63) is 22.5 Å². The van der Waals surface area contributed by atoms with Crippen LogP contribution in [-0.4, -0.2) is 51.1 Å². The van der Waals surface area contributed by atoms with Crippen LogP contribution in [0.4, 0.5) is 5.95 Å². The fourth-order valence-electron chi connectivity index (χ4n) is 2.10. The molecular weight excluding hydrogens is 246 g/mol. The number of aromatic amines is 2. The molecule has 0 unspecified atom stereocenters. The Bertz CT molecular complexity index is 599. The quantitative estimate of drug-likeness (QED) is 0.664. The van der Waals surface area contributed by atoms with Gasteiger partial charge in [0.25, 0.3) is 5.56 Å². The highest BCUT2D eigenvalue weighted by atomic mass is 16.1. The van der Waals surface area contributed by atoms with E-state index in [4.69, 9.17) is 0 Å². The maximum absolute atomic E-state index is 11.0. The van der Waals surface area contributed by atoms with Crippen molar-refractivity contribution < 1.29 is 0 Å². The molecule has 3 rings (SSSR count). The number of hydrogen-bond donors (Lipinski definition) is 3. The molecule has 19 heavy (non-hydrogen) atoms.